The fourth-order valence-electron chi connectivity index (χ4n) is 2.64. The number of amides is 2. The van der Waals surface area contributed by atoms with Gasteiger partial charge in [-0.25, -0.2) is 0 Å². The quantitative estimate of drug-likeness (QED) is 0.704. The normalized spacial score (nSPS) is 11.8. The maximum atomic E-state index is 12.5. The van der Waals surface area contributed by atoms with Crippen LogP contribution in [-0.2, 0) is 6.54 Å². The van der Waals surface area contributed by atoms with Crippen molar-refractivity contribution in [3.63, 3.8) is 0 Å². The minimum absolute atomic E-state index is 0.281. The average Bonchev–Trinajstić information content (AvgIpc) is 2.92. The van der Waals surface area contributed by atoms with E-state index in [0.717, 1.165) is 28.5 Å². The van der Waals surface area contributed by atoms with E-state index >= 15 is 0 Å². The Hall–Kier alpha value is -2.67. The Morgan fingerprint density at radius 2 is 1.96 bits per heavy atom. The van der Waals surface area contributed by atoms with Crippen LogP contribution in [0.5, 0.6) is 0 Å². The van der Waals surface area contributed by atoms with E-state index in [4.69, 9.17) is 5.73 Å². The predicted molar refractivity (Wildman–Crippen MR) is 99.1 cm³/mol. The number of aryl methyl sites for hydroxylation is 1. The lowest BCUT2D eigenvalue weighted by atomic mass is 10.1. The fourth-order valence-corrected chi connectivity index (χ4v) is 2.99. The number of hydrogen-bond acceptors (Lipinski definition) is 2. The molecule has 0 spiro atoms. The van der Waals surface area contributed by atoms with Gasteiger partial charge in [-0.15, -0.1) is 0 Å². The van der Waals surface area contributed by atoms with Gasteiger partial charge >= 0.3 is 0 Å². The summed E-state index contributed by atoms with van der Waals surface area (Å²) in [6.07, 6.45) is 0.901. The van der Waals surface area contributed by atoms with Crippen LogP contribution in [0.4, 0.5) is 0 Å². The number of carbonyl (C=O) groups excluding carboxylic acids is 2. The number of fused-ring (bicyclic) bond motifs is 1. The third kappa shape index (κ3) is 3.56. The van der Waals surface area contributed by atoms with Gasteiger partial charge in [0.25, 0.3) is 5.91 Å². The fraction of sp³-hybridized carbons (Fsp3) is 0.167. The third-order valence-electron chi connectivity index (χ3n) is 3.80. The van der Waals surface area contributed by atoms with Gasteiger partial charge in [-0.2, -0.15) is 4.99 Å². The number of nitrogens with one attached hydrogen (secondary N) is 1. The number of benzene rings is 2. The van der Waals surface area contributed by atoms with Crippen LogP contribution in [0.3, 0.4) is 0 Å². The van der Waals surface area contributed by atoms with E-state index in [2.05, 4.69) is 32.8 Å². The third-order valence-corrected chi connectivity index (χ3v) is 4.29. The van der Waals surface area contributed by atoms with E-state index in [1.807, 2.05) is 22.8 Å². The molecule has 3 aromatic rings. The number of H-pyrrole nitrogens is 1. The maximum absolute atomic E-state index is 12.5. The summed E-state index contributed by atoms with van der Waals surface area (Å²) in [5.74, 6) is -1.01. The smallest absolute Gasteiger partial charge is 0.280 e. The number of rotatable bonds is 4. The zero-order valence-electron chi connectivity index (χ0n) is 13.6. The average molecular weight is 401 g/mol. The van der Waals surface area contributed by atoms with Crippen molar-refractivity contribution in [1.82, 2.24) is 9.55 Å². The molecule has 0 fully saturated rings. The highest BCUT2D eigenvalue weighted by atomic mass is 79.9. The minimum Gasteiger partial charge on any atom is -0.366 e. The lowest BCUT2D eigenvalue weighted by molar-refractivity contribution is 0.0996. The molecule has 0 atom stereocenters. The van der Waals surface area contributed by atoms with Crippen LogP contribution in [-0.4, -0.2) is 21.4 Å². The first-order valence-electron chi connectivity index (χ1n) is 7.86. The Morgan fingerprint density at radius 1 is 1.20 bits per heavy atom. The van der Waals surface area contributed by atoms with Crippen LogP contribution in [0.15, 0.2) is 51.9 Å². The molecule has 2 amide bonds. The molecule has 2 aromatic carbocycles. The van der Waals surface area contributed by atoms with Crippen molar-refractivity contribution in [1.29, 1.82) is 0 Å². The van der Waals surface area contributed by atoms with E-state index in [9.17, 15) is 9.59 Å². The highest BCUT2D eigenvalue weighted by Gasteiger charge is 2.10. The first-order valence-corrected chi connectivity index (χ1v) is 8.66. The van der Waals surface area contributed by atoms with Crippen molar-refractivity contribution < 1.29 is 9.59 Å². The van der Waals surface area contributed by atoms with Crippen molar-refractivity contribution in [2.24, 2.45) is 10.7 Å². The molecule has 0 aliphatic heterocycles. The van der Waals surface area contributed by atoms with Crippen LogP contribution in [0.25, 0.3) is 11.0 Å². The molecule has 1 heterocycles. The molecule has 0 unspecified atom stereocenters. The topological polar surface area (TPSA) is 93.2 Å². The van der Waals surface area contributed by atoms with E-state index < -0.39 is 11.8 Å². The molecule has 6 nitrogen and oxygen atoms in total. The molecule has 0 aliphatic rings. The second-order valence-electron chi connectivity index (χ2n) is 5.62. The summed E-state index contributed by atoms with van der Waals surface area (Å²) >= 11 is 3.47. The number of nitrogens with two attached hydrogens (primary N) is 1. The van der Waals surface area contributed by atoms with E-state index in [-0.39, 0.29) is 5.56 Å². The van der Waals surface area contributed by atoms with Crippen molar-refractivity contribution >= 4 is 38.8 Å². The van der Waals surface area contributed by atoms with Gasteiger partial charge in [0, 0.05) is 22.1 Å². The Morgan fingerprint density at radius 3 is 2.68 bits per heavy atom. The number of hydrogen-bond donors (Lipinski definition) is 2. The molecule has 7 heteroatoms. The summed E-state index contributed by atoms with van der Waals surface area (Å²) in [7, 11) is 0. The molecule has 0 bridgehead atoms. The number of nitrogens with zero attached hydrogens (tertiary/aromatic N) is 2. The predicted octanol–water partition coefficient (Wildman–Crippen LogP) is 2.98. The van der Waals surface area contributed by atoms with E-state index in [1.54, 1.807) is 18.2 Å². The Bertz CT molecular complexity index is 1030. The van der Waals surface area contributed by atoms with Gasteiger partial charge in [0.2, 0.25) is 11.5 Å². The number of carbonyl (C=O) groups is 2. The lowest BCUT2D eigenvalue weighted by Crippen LogP contribution is -2.21. The molecular formula is C18H17BrN4O2. The molecule has 0 aliphatic carbocycles. The Labute approximate surface area is 152 Å². The summed E-state index contributed by atoms with van der Waals surface area (Å²) < 4.78 is 2.92. The highest BCUT2D eigenvalue weighted by molar-refractivity contribution is 9.10. The molecule has 25 heavy (non-hydrogen) atoms. The van der Waals surface area contributed by atoms with Crippen LogP contribution >= 0.6 is 15.9 Å². The van der Waals surface area contributed by atoms with Crippen LogP contribution in [0.1, 0.15) is 34.1 Å². The van der Waals surface area contributed by atoms with Crippen molar-refractivity contribution in [3.8, 4) is 0 Å². The number of imidazole rings is 1. The molecule has 1 aromatic heterocycles. The summed E-state index contributed by atoms with van der Waals surface area (Å²) in [5.41, 5.74) is 8.21. The number of primary amides is 1. The molecular weight excluding hydrogens is 384 g/mol. The van der Waals surface area contributed by atoms with Crippen molar-refractivity contribution in [2.45, 2.75) is 19.9 Å². The zero-order chi connectivity index (χ0) is 18.0. The second kappa shape index (κ2) is 7.06. The largest absolute Gasteiger partial charge is 0.366 e. The standard InChI is InChI=1S/C18H17BrN4O2/c1-2-8-23-15-10-13(19)6-7-14(15)21-18(23)22-17(25)12-5-3-4-11(9-12)16(20)24/h3-7,9-10H,2,8H2,1H3,(H2,20,24)(H,21,22,25). The number of aromatic amines is 1. The van der Waals surface area contributed by atoms with E-state index in [0.29, 0.717) is 11.2 Å². The SMILES string of the molecule is CCCn1/c(=N/C(=O)c2cccc(C(N)=O)c2)[nH]c2ccc(Br)cc21. The molecule has 3 rings (SSSR count). The summed E-state index contributed by atoms with van der Waals surface area (Å²) in [5, 5.41) is 0. The molecule has 0 radical (unpaired) electrons. The molecule has 128 valence electrons. The molecule has 0 saturated heterocycles. The summed E-state index contributed by atoms with van der Waals surface area (Å²) in [4.78, 5) is 31.2. The Kier molecular flexibility index (Phi) is 4.85. The summed E-state index contributed by atoms with van der Waals surface area (Å²) in [6, 6.07) is 12.1. The van der Waals surface area contributed by atoms with Crippen LogP contribution < -0.4 is 11.4 Å². The highest BCUT2D eigenvalue weighted by Crippen LogP contribution is 2.17. The zero-order valence-corrected chi connectivity index (χ0v) is 15.2. The summed E-state index contributed by atoms with van der Waals surface area (Å²) in [6.45, 7) is 2.79. The minimum atomic E-state index is -0.578. The van der Waals surface area contributed by atoms with Crippen LogP contribution in [0, 0.1) is 0 Å². The second-order valence-corrected chi connectivity index (χ2v) is 6.54. The van der Waals surface area contributed by atoms with Crippen LogP contribution in [0.2, 0.25) is 0 Å². The van der Waals surface area contributed by atoms with Gasteiger partial charge in [-0.1, -0.05) is 28.9 Å². The maximum Gasteiger partial charge on any atom is 0.280 e. The number of aromatic nitrogens is 2. The van der Waals surface area contributed by atoms with E-state index in [1.165, 1.54) is 6.07 Å². The van der Waals surface area contributed by atoms with Crippen molar-refractivity contribution in [3.05, 3.63) is 63.7 Å². The first-order chi connectivity index (χ1) is 12.0. The first kappa shape index (κ1) is 17.2. The van der Waals surface area contributed by atoms with Gasteiger partial charge in [-0.3, -0.25) is 9.59 Å². The van der Waals surface area contributed by atoms with Crippen molar-refractivity contribution in [2.75, 3.05) is 0 Å². The van der Waals surface area contributed by atoms with Gasteiger partial charge in [0.05, 0.1) is 11.0 Å². The van der Waals surface area contributed by atoms with Gasteiger partial charge in [-0.05, 0) is 42.8 Å². The monoisotopic (exact) mass is 400 g/mol. The molecule has 3 N–H and O–H groups in total. The lowest BCUT2D eigenvalue weighted by Gasteiger charge is -2.03. The Balaban J connectivity index is 2.11. The number of halogens is 1. The molecule has 0 saturated carbocycles. The van der Waals surface area contributed by atoms with Gasteiger partial charge in [0.15, 0.2) is 0 Å². The van der Waals surface area contributed by atoms with Gasteiger partial charge < -0.3 is 15.3 Å². The van der Waals surface area contributed by atoms with Gasteiger partial charge in [0.1, 0.15) is 0 Å².